The van der Waals surface area contributed by atoms with Crippen LogP contribution in [0.4, 0.5) is 0 Å². The number of hydrogen-bond acceptors (Lipinski definition) is 3. The van der Waals surface area contributed by atoms with Crippen LogP contribution in [-0.2, 0) is 9.53 Å². The summed E-state index contributed by atoms with van der Waals surface area (Å²) < 4.78 is 5.55. The van der Waals surface area contributed by atoms with E-state index in [-0.39, 0.29) is 18.4 Å². The van der Waals surface area contributed by atoms with Crippen molar-refractivity contribution in [3.63, 3.8) is 0 Å². The molecular weight excluding hydrogens is 182 g/mol. The van der Waals surface area contributed by atoms with Gasteiger partial charge < -0.3 is 14.7 Å². The Morgan fingerprint density at radius 3 is 2.93 bits per heavy atom. The average Bonchev–Trinajstić information content (AvgIpc) is 2.09. The van der Waals surface area contributed by atoms with Gasteiger partial charge in [0.15, 0.2) is 0 Å². The van der Waals surface area contributed by atoms with E-state index in [9.17, 15) is 4.79 Å². The quantitative estimate of drug-likeness (QED) is 0.731. The molecule has 4 nitrogen and oxygen atoms in total. The molecule has 1 saturated heterocycles. The van der Waals surface area contributed by atoms with Crippen LogP contribution in [0.5, 0.6) is 0 Å². The van der Waals surface area contributed by atoms with E-state index in [1.807, 2.05) is 14.0 Å². The summed E-state index contributed by atoms with van der Waals surface area (Å²) in [5, 5.41) is 8.76. The molecule has 1 rings (SSSR count). The van der Waals surface area contributed by atoms with Crippen molar-refractivity contribution in [3.8, 4) is 0 Å². The van der Waals surface area contributed by atoms with E-state index in [2.05, 4.69) is 4.90 Å². The van der Waals surface area contributed by atoms with Gasteiger partial charge in [0.2, 0.25) is 0 Å². The van der Waals surface area contributed by atoms with E-state index < -0.39 is 5.97 Å². The lowest BCUT2D eigenvalue weighted by Gasteiger charge is -2.35. The fourth-order valence-corrected chi connectivity index (χ4v) is 2.05. The molecule has 0 aromatic heterocycles. The van der Waals surface area contributed by atoms with Crippen molar-refractivity contribution in [1.82, 2.24) is 4.90 Å². The number of nitrogens with zero attached hydrogens (tertiary/aromatic N) is 1. The van der Waals surface area contributed by atoms with E-state index in [4.69, 9.17) is 9.84 Å². The van der Waals surface area contributed by atoms with Gasteiger partial charge in [0, 0.05) is 25.6 Å². The fourth-order valence-electron chi connectivity index (χ4n) is 2.05. The molecule has 0 aromatic carbocycles. The number of ether oxygens (including phenoxy) is 1. The Morgan fingerprint density at radius 1 is 1.64 bits per heavy atom. The molecule has 1 aliphatic rings. The number of rotatable bonds is 4. The normalized spacial score (nSPS) is 29.0. The highest BCUT2D eigenvalue weighted by Crippen LogP contribution is 2.22. The third kappa shape index (κ3) is 3.27. The van der Waals surface area contributed by atoms with Crippen molar-refractivity contribution in [2.45, 2.75) is 25.9 Å². The molecule has 14 heavy (non-hydrogen) atoms. The maximum absolute atomic E-state index is 10.6. The zero-order valence-corrected chi connectivity index (χ0v) is 8.90. The van der Waals surface area contributed by atoms with Crippen LogP contribution in [0.25, 0.3) is 0 Å². The molecule has 2 unspecified atom stereocenters. The molecule has 1 fully saturated rings. The van der Waals surface area contributed by atoms with E-state index >= 15 is 0 Å². The summed E-state index contributed by atoms with van der Waals surface area (Å²) in [4.78, 5) is 12.8. The highest BCUT2D eigenvalue weighted by molar-refractivity contribution is 5.67. The predicted molar refractivity (Wildman–Crippen MR) is 53.3 cm³/mol. The van der Waals surface area contributed by atoms with Crippen molar-refractivity contribution in [2.24, 2.45) is 5.92 Å². The second kappa shape index (κ2) is 5.32. The van der Waals surface area contributed by atoms with Crippen LogP contribution in [0.1, 0.15) is 19.8 Å². The highest BCUT2D eigenvalue weighted by atomic mass is 16.5. The molecule has 1 N–H and O–H groups in total. The van der Waals surface area contributed by atoms with Crippen LogP contribution in [0.2, 0.25) is 0 Å². The number of hydrogen-bond donors (Lipinski definition) is 1. The third-order valence-electron chi connectivity index (χ3n) is 2.68. The van der Waals surface area contributed by atoms with Crippen molar-refractivity contribution >= 4 is 5.97 Å². The largest absolute Gasteiger partial charge is 0.481 e. The number of aliphatic carboxylic acids is 1. The smallest absolute Gasteiger partial charge is 0.303 e. The predicted octanol–water partition coefficient (Wildman–Crippen LogP) is 0.818. The first-order valence-electron chi connectivity index (χ1n) is 5.15. The first-order chi connectivity index (χ1) is 6.63. The molecule has 0 amide bonds. The average molecular weight is 201 g/mol. The summed E-state index contributed by atoms with van der Waals surface area (Å²) in [5.41, 5.74) is 0. The van der Waals surface area contributed by atoms with Crippen LogP contribution in [-0.4, -0.2) is 48.8 Å². The van der Waals surface area contributed by atoms with Gasteiger partial charge in [-0.15, -0.1) is 0 Å². The number of likely N-dealkylation sites (tertiary alicyclic amines) is 1. The number of carboxylic acid groups (broad SMARTS) is 1. The standard InChI is InChI=1S/C10H19NO3/c1-3-14-9-4-5-11(2)7-8(9)6-10(12)13/h8-9H,3-7H2,1-2H3,(H,12,13). The first-order valence-corrected chi connectivity index (χ1v) is 5.15. The summed E-state index contributed by atoms with van der Waals surface area (Å²) in [7, 11) is 2.02. The van der Waals surface area contributed by atoms with Gasteiger partial charge in [-0.05, 0) is 20.4 Å². The highest BCUT2D eigenvalue weighted by Gasteiger charge is 2.29. The minimum absolute atomic E-state index is 0.132. The zero-order valence-electron chi connectivity index (χ0n) is 8.90. The van der Waals surface area contributed by atoms with Gasteiger partial charge in [-0.3, -0.25) is 4.79 Å². The minimum atomic E-state index is -0.727. The van der Waals surface area contributed by atoms with Gasteiger partial charge in [-0.2, -0.15) is 0 Å². The molecule has 1 heterocycles. The second-order valence-corrected chi connectivity index (χ2v) is 3.90. The fraction of sp³-hybridized carbons (Fsp3) is 0.900. The van der Waals surface area contributed by atoms with E-state index in [0.29, 0.717) is 6.61 Å². The third-order valence-corrected chi connectivity index (χ3v) is 2.68. The molecule has 2 atom stereocenters. The molecule has 4 heteroatoms. The Bertz CT molecular complexity index is 196. The Kier molecular flexibility index (Phi) is 4.35. The molecule has 0 saturated carbocycles. The van der Waals surface area contributed by atoms with E-state index in [1.54, 1.807) is 0 Å². The van der Waals surface area contributed by atoms with Crippen molar-refractivity contribution < 1.29 is 14.6 Å². The van der Waals surface area contributed by atoms with Crippen molar-refractivity contribution in [1.29, 1.82) is 0 Å². The van der Waals surface area contributed by atoms with Crippen LogP contribution < -0.4 is 0 Å². The summed E-state index contributed by atoms with van der Waals surface area (Å²) in [6.45, 7) is 4.46. The monoisotopic (exact) mass is 201 g/mol. The molecule has 0 aliphatic carbocycles. The lowest BCUT2D eigenvalue weighted by atomic mass is 9.92. The topological polar surface area (TPSA) is 49.8 Å². The van der Waals surface area contributed by atoms with Crippen molar-refractivity contribution in [3.05, 3.63) is 0 Å². The van der Waals surface area contributed by atoms with Crippen LogP contribution in [0, 0.1) is 5.92 Å². The summed E-state index contributed by atoms with van der Waals surface area (Å²) in [6, 6.07) is 0. The van der Waals surface area contributed by atoms with Gasteiger partial charge in [-0.1, -0.05) is 0 Å². The summed E-state index contributed by atoms with van der Waals surface area (Å²) in [6.07, 6.45) is 1.30. The van der Waals surface area contributed by atoms with Crippen LogP contribution >= 0.6 is 0 Å². The number of carbonyl (C=O) groups is 1. The lowest BCUT2D eigenvalue weighted by molar-refractivity contribution is -0.140. The zero-order chi connectivity index (χ0) is 10.6. The van der Waals surface area contributed by atoms with E-state index in [0.717, 1.165) is 19.5 Å². The Labute approximate surface area is 84.8 Å². The minimum Gasteiger partial charge on any atom is -0.481 e. The summed E-state index contributed by atoms with van der Waals surface area (Å²) in [5.74, 6) is -0.582. The van der Waals surface area contributed by atoms with Crippen molar-refractivity contribution in [2.75, 3.05) is 26.7 Å². The number of carboxylic acids is 1. The molecular formula is C10H19NO3. The van der Waals surface area contributed by atoms with Crippen LogP contribution in [0.3, 0.4) is 0 Å². The molecule has 0 spiro atoms. The molecule has 0 aromatic rings. The van der Waals surface area contributed by atoms with Gasteiger partial charge in [0.05, 0.1) is 12.5 Å². The maximum atomic E-state index is 10.6. The Balaban J connectivity index is 2.49. The van der Waals surface area contributed by atoms with Crippen LogP contribution in [0.15, 0.2) is 0 Å². The van der Waals surface area contributed by atoms with Gasteiger partial charge in [0.1, 0.15) is 0 Å². The SMILES string of the molecule is CCOC1CCN(C)CC1CC(=O)O. The van der Waals surface area contributed by atoms with Gasteiger partial charge in [0.25, 0.3) is 0 Å². The lowest BCUT2D eigenvalue weighted by Crippen LogP contribution is -2.43. The molecule has 1 aliphatic heterocycles. The maximum Gasteiger partial charge on any atom is 0.303 e. The van der Waals surface area contributed by atoms with Gasteiger partial charge in [-0.25, -0.2) is 0 Å². The van der Waals surface area contributed by atoms with E-state index in [1.165, 1.54) is 0 Å². The number of piperidine rings is 1. The second-order valence-electron chi connectivity index (χ2n) is 3.90. The Morgan fingerprint density at radius 2 is 2.36 bits per heavy atom. The van der Waals surface area contributed by atoms with Gasteiger partial charge >= 0.3 is 5.97 Å². The molecule has 0 bridgehead atoms. The first kappa shape index (κ1) is 11.5. The summed E-state index contributed by atoms with van der Waals surface area (Å²) >= 11 is 0. The Hall–Kier alpha value is -0.610. The molecule has 82 valence electrons. The molecule has 0 radical (unpaired) electrons.